The zero-order valence-electron chi connectivity index (χ0n) is 11.0. The number of nitrogen functional groups attached to an aromatic ring is 1. The third kappa shape index (κ3) is 3.87. The van der Waals surface area contributed by atoms with Crippen molar-refractivity contribution in [3.05, 3.63) is 23.3 Å². The molecule has 0 aliphatic rings. The molecule has 1 aromatic rings. The van der Waals surface area contributed by atoms with Gasteiger partial charge in [0, 0.05) is 0 Å². The number of phenols is 2. The summed E-state index contributed by atoms with van der Waals surface area (Å²) in [5.41, 5.74) is 5.15. The number of benzene rings is 1. The standard InChI is InChI=1S/C13H13N3O5/c1-6(13(20)21)16-12(19)8(5-14)2-7-3-9(15)11(18)10(17)4-7/h2-4,6,17-18H,15H2,1H3,(H,16,19)(H,20,21)/b8-2+. The van der Waals surface area contributed by atoms with E-state index in [1.54, 1.807) is 6.07 Å². The van der Waals surface area contributed by atoms with Crippen molar-refractivity contribution in [2.75, 3.05) is 5.73 Å². The van der Waals surface area contributed by atoms with E-state index < -0.39 is 29.4 Å². The van der Waals surface area contributed by atoms with E-state index in [4.69, 9.17) is 16.1 Å². The number of hydrogen-bond donors (Lipinski definition) is 5. The van der Waals surface area contributed by atoms with Crippen LogP contribution in [-0.4, -0.2) is 33.2 Å². The van der Waals surface area contributed by atoms with Crippen LogP contribution in [-0.2, 0) is 9.59 Å². The van der Waals surface area contributed by atoms with Crippen LogP contribution in [0.5, 0.6) is 11.5 Å². The predicted octanol–water partition coefficient (Wildman–Crippen LogP) is 0.176. The number of aliphatic carboxylic acids is 1. The molecule has 0 fully saturated rings. The molecule has 1 atom stereocenters. The summed E-state index contributed by atoms with van der Waals surface area (Å²) in [5, 5.41) is 38.4. The van der Waals surface area contributed by atoms with Gasteiger partial charge in [0.25, 0.3) is 5.91 Å². The smallest absolute Gasteiger partial charge is 0.325 e. The average Bonchev–Trinajstić information content (AvgIpc) is 2.41. The van der Waals surface area contributed by atoms with E-state index in [1.165, 1.54) is 13.0 Å². The normalized spacial score (nSPS) is 12.3. The van der Waals surface area contributed by atoms with Gasteiger partial charge in [-0.2, -0.15) is 5.26 Å². The number of carbonyl (C=O) groups is 2. The fourth-order valence-electron chi connectivity index (χ4n) is 1.40. The van der Waals surface area contributed by atoms with Crippen molar-refractivity contribution in [3.8, 4) is 17.6 Å². The molecule has 1 rings (SSSR count). The Bertz CT molecular complexity index is 637. The van der Waals surface area contributed by atoms with Crippen molar-refractivity contribution >= 4 is 23.6 Å². The molecule has 1 amide bonds. The highest BCUT2D eigenvalue weighted by Crippen LogP contribution is 2.32. The molecule has 0 saturated heterocycles. The van der Waals surface area contributed by atoms with Crippen LogP contribution in [0.15, 0.2) is 17.7 Å². The summed E-state index contributed by atoms with van der Waals surface area (Å²) in [6, 6.07) is 2.82. The molecule has 21 heavy (non-hydrogen) atoms. The highest BCUT2D eigenvalue weighted by atomic mass is 16.4. The summed E-state index contributed by atoms with van der Waals surface area (Å²) >= 11 is 0. The molecule has 8 nitrogen and oxygen atoms in total. The van der Waals surface area contributed by atoms with Crippen molar-refractivity contribution in [2.24, 2.45) is 0 Å². The molecule has 1 unspecified atom stereocenters. The number of hydrogen-bond acceptors (Lipinski definition) is 6. The maximum absolute atomic E-state index is 11.7. The Morgan fingerprint density at radius 1 is 1.43 bits per heavy atom. The van der Waals surface area contributed by atoms with Crippen LogP contribution < -0.4 is 11.1 Å². The fraction of sp³-hybridized carbons (Fsp3) is 0.154. The van der Waals surface area contributed by atoms with Gasteiger partial charge in [-0.1, -0.05) is 0 Å². The van der Waals surface area contributed by atoms with Crippen LogP contribution in [0.2, 0.25) is 0 Å². The summed E-state index contributed by atoms with van der Waals surface area (Å²) in [5.74, 6) is -3.13. The van der Waals surface area contributed by atoms with Gasteiger partial charge in [0.1, 0.15) is 17.7 Å². The van der Waals surface area contributed by atoms with Crippen LogP contribution in [0.1, 0.15) is 12.5 Å². The molecule has 6 N–H and O–H groups in total. The number of nitriles is 1. The van der Waals surface area contributed by atoms with Crippen molar-refractivity contribution in [1.82, 2.24) is 5.32 Å². The summed E-state index contributed by atoms with van der Waals surface area (Å²) in [4.78, 5) is 22.4. The van der Waals surface area contributed by atoms with Crippen molar-refractivity contribution in [3.63, 3.8) is 0 Å². The van der Waals surface area contributed by atoms with Crippen LogP contribution in [0, 0.1) is 11.3 Å². The molecule has 8 heteroatoms. The summed E-state index contributed by atoms with van der Waals surface area (Å²) in [7, 11) is 0. The monoisotopic (exact) mass is 291 g/mol. The van der Waals surface area contributed by atoms with Crippen molar-refractivity contribution in [1.29, 1.82) is 5.26 Å². The number of carboxylic acids is 1. The molecule has 0 heterocycles. The minimum Gasteiger partial charge on any atom is -0.504 e. The first-order chi connectivity index (χ1) is 9.76. The molecular formula is C13H13N3O5. The Morgan fingerprint density at radius 2 is 2.05 bits per heavy atom. The zero-order chi connectivity index (χ0) is 16.2. The number of nitrogens with one attached hydrogen (secondary N) is 1. The van der Waals surface area contributed by atoms with Gasteiger partial charge in [-0.25, -0.2) is 0 Å². The van der Waals surface area contributed by atoms with Gasteiger partial charge in [-0.3, -0.25) is 9.59 Å². The Hall–Kier alpha value is -3.21. The minimum absolute atomic E-state index is 0.127. The fourth-order valence-corrected chi connectivity index (χ4v) is 1.40. The largest absolute Gasteiger partial charge is 0.504 e. The summed E-state index contributed by atoms with van der Waals surface area (Å²) < 4.78 is 0. The number of aromatic hydroxyl groups is 2. The van der Waals surface area contributed by atoms with Gasteiger partial charge in [0.2, 0.25) is 0 Å². The van der Waals surface area contributed by atoms with Crippen LogP contribution in [0.25, 0.3) is 6.08 Å². The Kier molecular flexibility index (Phi) is 4.75. The van der Waals surface area contributed by atoms with E-state index in [0.29, 0.717) is 0 Å². The van der Waals surface area contributed by atoms with E-state index in [2.05, 4.69) is 5.32 Å². The third-order valence-electron chi connectivity index (χ3n) is 2.54. The van der Waals surface area contributed by atoms with Crippen molar-refractivity contribution < 1.29 is 24.9 Å². The number of nitrogens with zero attached hydrogens (tertiary/aromatic N) is 1. The molecule has 0 radical (unpaired) electrons. The lowest BCUT2D eigenvalue weighted by molar-refractivity contribution is -0.140. The molecule has 110 valence electrons. The van der Waals surface area contributed by atoms with Gasteiger partial charge >= 0.3 is 5.97 Å². The minimum atomic E-state index is -1.24. The topological polar surface area (TPSA) is 157 Å². The quantitative estimate of drug-likeness (QED) is 0.229. The van der Waals surface area contributed by atoms with Gasteiger partial charge in [-0.05, 0) is 30.7 Å². The molecule has 1 aromatic carbocycles. The number of amides is 1. The zero-order valence-corrected chi connectivity index (χ0v) is 11.0. The molecular weight excluding hydrogens is 278 g/mol. The predicted molar refractivity (Wildman–Crippen MR) is 73.0 cm³/mol. The highest BCUT2D eigenvalue weighted by molar-refractivity contribution is 6.03. The first-order valence-corrected chi connectivity index (χ1v) is 5.73. The summed E-state index contributed by atoms with van der Waals surface area (Å²) in [6.45, 7) is 1.25. The van der Waals surface area contributed by atoms with E-state index in [1.807, 2.05) is 0 Å². The van der Waals surface area contributed by atoms with Crippen LogP contribution in [0.4, 0.5) is 5.69 Å². The van der Waals surface area contributed by atoms with Gasteiger partial charge in [0.05, 0.1) is 5.69 Å². The van der Waals surface area contributed by atoms with Crippen molar-refractivity contribution in [2.45, 2.75) is 13.0 Å². The lowest BCUT2D eigenvalue weighted by Gasteiger charge is -2.08. The lowest BCUT2D eigenvalue weighted by atomic mass is 10.1. The first kappa shape index (κ1) is 15.8. The lowest BCUT2D eigenvalue weighted by Crippen LogP contribution is -2.38. The number of nitrogens with two attached hydrogens (primary N) is 1. The number of carboxylic acid groups (broad SMARTS) is 1. The number of carbonyl (C=O) groups excluding carboxylic acids is 1. The van der Waals surface area contributed by atoms with Crippen LogP contribution >= 0.6 is 0 Å². The number of phenolic OH excluding ortho intramolecular Hbond substituents is 2. The second-order valence-electron chi connectivity index (χ2n) is 4.18. The molecule has 0 aliphatic heterocycles. The maximum Gasteiger partial charge on any atom is 0.325 e. The third-order valence-corrected chi connectivity index (χ3v) is 2.54. The van der Waals surface area contributed by atoms with E-state index in [-0.39, 0.29) is 16.8 Å². The van der Waals surface area contributed by atoms with Gasteiger partial charge in [-0.15, -0.1) is 0 Å². The maximum atomic E-state index is 11.7. The highest BCUT2D eigenvalue weighted by Gasteiger charge is 2.17. The molecule has 0 spiro atoms. The second kappa shape index (κ2) is 6.29. The number of anilines is 1. The molecule has 0 aliphatic carbocycles. The number of rotatable bonds is 4. The Balaban J connectivity index is 3.08. The van der Waals surface area contributed by atoms with Gasteiger partial charge in [0.15, 0.2) is 11.5 Å². The molecule has 0 saturated carbocycles. The van der Waals surface area contributed by atoms with Crippen LogP contribution in [0.3, 0.4) is 0 Å². The Labute approximate surface area is 119 Å². The molecule has 0 bridgehead atoms. The average molecular weight is 291 g/mol. The van der Waals surface area contributed by atoms with E-state index in [0.717, 1.165) is 12.1 Å². The first-order valence-electron chi connectivity index (χ1n) is 5.73. The molecule has 0 aromatic heterocycles. The summed E-state index contributed by atoms with van der Waals surface area (Å²) in [6.07, 6.45) is 1.11. The Morgan fingerprint density at radius 3 is 2.52 bits per heavy atom. The SMILES string of the molecule is CC(NC(=O)/C(C#N)=C/c1cc(N)c(O)c(O)c1)C(=O)O. The second-order valence-corrected chi connectivity index (χ2v) is 4.18. The van der Waals surface area contributed by atoms with Gasteiger partial charge < -0.3 is 26.4 Å². The van der Waals surface area contributed by atoms with E-state index in [9.17, 15) is 19.8 Å². The van der Waals surface area contributed by atoms with E-state index >= 15 is 0 Å².